The van der Waals surface area contributed by atoms with Crippen LogP contribution >= 0.6 is 0 Å². The van der Waals surface area contributed by atoms with E-state index in [4.69, 9.17) is 0 Å². The average Bonchev–Trinajstić information content (AvgIpc) is 2.34. The Morgan fingerprint density at radius 1 is 1.22 bits per heavy atom. The molecule has 1 aliphatic rings. The summed E-state index contributed by atoms with van der Waals surface area (Å²) in [7, 11) is 0. The first kappa shape index (κ1) is 13.3. The molecule has 2 N–H and O–H groups in total. The van der Waals surface area contributed by atoms with Crippen molar-refractivity contribution in [2.24, 2.45) is 11.8 Å². The summed E-state index contributed by atoms with van der Waals surface area (Å²) in [6.45, 7) is 6.56. The monoisotopic (exact) mass is 247 g/mol. The Morgan fingerprint density at radius 3 is 2.61 bits per heavy atom. The van der Waals surface area contributed by atoms with Crippen LogP contribution in [0.25, 0.3) is 0 Å². The van der Waals surface area contributed by atoms with Crippen LogP contribution in [0, 0.1) is 18.8 Å². The maximum absolute atomic E-state index is 9.76. The number of phenols is 1. The van der Waals surface area contributed by atoms with Crippen LogP contribution in [0.1, 0.15) is 45.1 Å². The van der Waals surface area contributed by atoms with Crippen molar-refractivity contribution in [1.29, 1.82) is 0 Å². The van der Waals surface area contributed by atoms with E-state index in [0.29, 0.717) is 11.8 Å². The minimum absolute atomic E-state index is 0.386. The van der Waals surface area contributed by atoms with Crippen LogP contribution in [-0.2, 0) is 0 Å². The molecule has 2 nitrogen and oxygen atoms in total. The standard InChI is InChI=1S/C16H25NO/c1-11(2)14-6-4-5-7-15(14)17-13-9-8-12(3)16(18)10-13/h8-11,14-15,17-18H,4-7H2,1-3H3. The maximum atomic E-state index is 9.76. The minimum Gasteiger partial charge on any atom is -0.508 e. The number of anilines is 1. The highest BCUT2D eigenvalue weighted by molar-refractivity contribution is 5.51. The second-order valence-corrected chi connectivity index (χ2v) is 5.94. The van der Waals surface area contributed by atoms with Crippen LogP contribution in [-0.4, -0.2) is 11.1 Å². The molecule has 0 aliphatic heterocycles. The van der Waals surface area contributed by atoms with E-state index in [0.717, 1.165) is 23.1 Å². The summed E-state index contributed by atoms with van der Waals surface area (Å²) >= 11 is 0. The Balaban J connectivity index is 2.08. The van der Waals surface area contributed by atoms with Gasteiger partial charge in [-0.2, -0.15) is 0 Å². The molecule has 2 unspecified atom stereocenters. The van der Waals surface area contributed by atoms with Gasteiger partial charge in [0, 0.05) is 17.8 Å². The first-order valence-corrected chi connectivity index (χ1v) is 7.14. The lowest BCUT2D eigenvalue weighted by Gasteiger charge is -2.35. The van der Waals surface area contributed by atoms with Crippen molar-refractivity contribution in [2.75, 3.05) is 5.32 Å². The maximum Gasteiger partial charge on any atom is 0.120 e. The summed E-state index contributed by atoms with van der Waals surface area (Å²) in [5.74, 6) is 1.86. The number of hydrogen-bond acceptors (Lipinski definition) is 2. The van der Waals surface area contributed by atoms with Crippen molar-refractivity contribution >= 4 is 5.69 Å². The van der Waals surface area contributed by atoms with Crippen molar-refractivity contribution in [3.8, 4) is 5.75 Å². The molecule has 2 rings (SSSR count). The second-order valence-electron chi connectivity index (χ2n) is 5.94. The summed E-state index contributed by atoms with van der Waals surface area (Å²) in [6.07, 6.45) is 5.25. The Bertz CT molecular complexity index is 400. The summed E-state index contributed by atoms with van der Waals surface area (Å²) in [5, 5.41) is 13.4. The van der Waals surface area contributed by atoms with E-state index in [-0.39, 0.29) is 0 Å². The van der Waals surface area contributed by atoms with Gasteiger partial charge in [-0.15, -0.1) is 0 Å². The summed E-state index contributed by atoms with van der Waals surface area (Å²) in [6, 6.07) is 6.45. The van der Waals surface area contributed by atoms with E-state index in [9.17, 15) is 5.11 Å². The van der Waals surface area contributed by atoms with Crippen LogP contribution in [0.5, 0.6) is 5.75 Å². The lowest BCUT2D eigenvalue weighted by atomic mass is 9.78. The van der Waals surface area contributed by atoms with Gasteiger partial charge in [0.2, 0.25) is 0 Å². The number of aryl methyl sites for hydroxylation is 1. The van der Waals surface area contributed by atoms with Gasteiger partial charge in [-0.25, -0.2) is 0 Å². The molecule has 2 heteroatoms. The van der Waals surface area contributed by atoms with Crippen molar-refractivity contribution in [3.63, 3.8) is 0 Å². The predicted molar refractivity (Wildman–Crippen MR) is 77.1 cm³/mol. The first-order valence-electron chi connectivity index (χ1n) is 7.14. The Kier molecular flexibility index (Phi) is 4.15. The van der Waals surface area contributed by atoms with Gasteiger partial charge in [0.15, 0.2) is 0 Å². The third-order valence-corrected chi connectivity index (χ3v) is 4.24. The highest BCUT2D eigenvalue weighted by atomic mass is 16.3. The van der Waals surface area contributed by atoms with Crippen molar-refractivity contribution in [2.45, 2.75) is 52.5 Å². The average molecular weight is 247 g/mol. The fourth-order valence-electron chi connectivity index (χ4n) is 3.05. The normalized spacial score (nSPS) is 24.2. The van der Waals surface area contributed by atoms with Crippen LogP contribution in [0.2, 0.25) is 0 Å². The molecular formula is C16H25NO. The molecule has 1 aromatic rings. The first-order chi connectivity index (χ1) is 8.58. The Hall–Kier alpha value is -1.18. The molecule has 1 saturated carbocycles. The van der Waals surface area contributed by atoms with Gasteiger partial charge in [-0.3, -0.25) is 0 Å². The molecule has 2 atom stereocenters. The molecule has 1 aliphatic carbocycles. The van der Waals surface area contributed by atoms with Gasteiger partial charge in [0.25, 0.3) is 0 Å². The molecule has 1 aromatic carbocycles. The van der Waals surface area contributed by atoms with E-state index >= 15 is 0 Å². The third kappa shape index (κ3) is 2.98. The van der Waals surface area contributed by atoms with E-state index in [1.807, 2.05) is 19.1 Å². The lowest BCUT2D eigenvalue weighted by molar-refractivity contribution is 0.254. The van der Waals surface area contributed by atoms with Gasteiger partial charge in [0.05, 0.1) is 0 Å². The molecule has 0 spiro atoms. The van der Waals surface area contributed by atoms with E-state index < -0.39 is 0 Å². The summed E-state index contributed by atoms with van der Waals surface area (Å²) in [5.41, 5.74) is 1.99. The fourth-order valence-corrected chi connectivity index (χ4v) is 3.05. The Labute approximate surface area is 110 Å². The lowest BCUT2D eigenvalue weighted by Crippen LogP contribution is -2.35. The molecule has 0 heterocycles. The number of hydrogen-bond donors (Lipinski definition) is 2. The number of rotatable bonds is 3. The second kappa shape index (κ2) is 5.64. The highest BCUT2D eigenvalue weighted by Gasteiger charge is 2.27. The zero-order chi connectivity index (χ0) is 13.1. The number of benzene rings is 1. The number of phenolic OH excluding ortho intramolecular Hbond substituents is 1. The smallest absolute Gasteiger partial charge is 0.120 e. The zero-order valence-electron chi connectivity index (χ0n) is 11.7. The quantitative estimate of drug-likeness (QED) is 0.833. The van der Waals surface area contributed by atoms with E-state index in [1.165, 1.54) is 25.7 Å². The zero-order valence-corrected chi connectivity index (χ0v) is 11.7. The molecule has 0 amide bonds. The molecule has 0 radical (unpaired) electrons. The SMILES string of the molecule is Cc1ccc(NC2CCCCC2C(C)C)cc1O. The number of nitrogens with one attached hydrogen (secondary N) is 1. The van der Waals surface area contributed by atoms with Crippen molar-refractivity contribution in [1.82, 2.24) is 0 Å². The topological polar surface area (TPSA) is 32.3 Å². The van der Waals surface area contributed by atoms with Crippen LogP contribution in [0.4, 0.5) is 5.69 Å². The number of aromatic hydroxyl groups is 1. The van der Waals surface area contributed by atoms with Gasteiger partial charge in [-0.05, 0) is 43.2 Å². The molecule has 18 heavy (non-hydrogen) atoms. The van der Waals surface area contributed by atoms with Crippen LogP contribution in [0.15, 0.2) is 18.2 Å². The van der Waals surface area contributed by atoms with Gasteiger partial charge < -0.3 is 10.4 Å². The van der Waals surface area contributed by atoms with Crippen molar-refractivity contribution in [3.05, 3.63) is 23.8 Å². The van der Waals surface area contributed by atoms with E-state index in [2.05, 4.69) is 25.2 Å². The third-order valence-electron chi connectivity index (χ3n) is 4.24. The van der Waals surface area contributed by atoms with Gasteiger partial charge in [-0.1, -0.05) is 32.8 Å². The summed E-state index contributed by atoms with van der Waals surface area (Å²) in [4.78, 5) is 0. The molecule has 0 saturated heterocycles. The predicted octanol–water partition coefficient (Wildman–Crippen LogP) is 4.33. The van der Waals surface area contributed by atoms with Crippen molar-refractivity contribution < 1.29 is 5.11 Å². The van der Waals surface area contributed by atoms with Crippen LogP contribution < -0.4 is 5.32 Å². The molecule has 0 bridgehead atoms. The highest BCUT2D eigenvalue weighted by Crippen LogP contribution is 2.33. The molecule has 100 valence electrons. The molecular weight excluding hydrogens is 222 g/mol. The molecule has 1 fully saturated rings. The Morgan fingerprint density at radius 2 is 1.94 bits per heavy atom. The van der Waals surface area contributed by atoms with Gasteiger partial charge in [0.1, 0.15) is 5.75 Å². The van der Waals surface area contributed by atoms with Gasteiger partial charge >= 0.3 is 0 Å². The fraction of sp³-hybridized carbons (Fsp3) is 0.625. The van der Waals surface area contributed by atoms with Crippen LogP contribution in [0.3, 0.4) is 0 Å². The summed E-state index contributed by atoms with van der Waals surface area (Å²) < 4.78 is 0. The van der Waals surface area contributed by atoms with E-state index in [1.54, 1.807) is 0 Å². The molecule has 0 aromatic heterocycles. The largest absolute Gasteiger partial charge is 0.508 e. The minimum atomic E-state index is 0.386.